The molecule has 5 heteroatoms. The minimum Gasteiger partial charge on any atom is -0.497 e. The molecule has 0 aromatic heterocycles. The quantitative estimate of drug-likeness (QED) is 0.752. The number of esters is 1. The van der Waals surface area contributed by atoms with Crippen LogP contribution in [0.5, 0.6) is 11.5 Å². The summed E-state index contributed by atoms with van der Waals surface area (Å²) < 4.78 is 16.2. The lowest BCUT2D eigenvalue weighted by Crippen LogP contribution is -2.17. The number of carbonyl (C=O) groups is 2. The number of cyclic esters (lactones) is 1. The van der Waals surface area contributed by atoms with Gasteiger partial charge in [0.2, 0.25) is 0 Å². The molecule has 1 aromatic rings. The zero-order chi connectivity index (χ0) is 18.2. The Labute approximate surface area is 149 Å². The number of rotatable bonds is 2. The molecule has 1 atom stereocenters. The number of benzene rings is 1. The van der Waals surface area contributed by atoms with E-state index in [4.69, 9.17) is 14.2 Å². The van der Waals surface area contributed by atoms with Gasteiger partial charge >= 0.3 is 5.97 Å². The Kier molecular flexibility index (Phi) is 7.04. The number of hydrogen-bond donors (Lipinski definition) is 0. The van der Waals surface area contributed by atoms with Gasteiger partial charge in [-0.25, -0.2) is 4.79 Å². The van der Waals surface area contributed by atoms with Crippen molar-refractivity contribution in [3.05, 3.63) is 29.3 Å². The number of fused-ring (bicyclic) bond motifs is 1. The van der Waals surface area contributed by atoms with Crippen molar-refractivity contribution in [1.29, 1.82) is 0 Å². The second kappa shape index (κ2) is 9.25. The van der Waals surface area contributed by atoms with Crippen LogP contribution in [0.25, 0.3) is 6.08 Å². The van der Waals surface area contributed by atoms with Crippen molar-refractivity contribution in [2.75, 3.05) is 14.2 Å². The molecule has 1 aliphatic heterocycles. The minimum atomic E-state index is -0.421. The fourth-order valence-electron chi connectivity index (χ4n) is 2.88. The van der Waals surface area contributed by atoms with E-state index < -0.39 is 5.97 Å². The van der Waals surface area contributed by atoms with Gasteiger partial charge in [0.1, 0.15) is 22.8 Å². The normalized spacial score (nSPS) is 20.8. The number of ketones is 1. The van der Waals surface area contributed by atoms with Crippen LogP contribution >= 0.6 is 0 Å². The van der Waals surface area contributed by atoms with E-state index >= 15 is 0 Å². The number of ether oxygens (including phenoxy) is 3. The molecule has 1 aromatic carbocycles. The summed E-state index contributed by atoms with van der Waals surface area (Å²) in [4.78, 5) is 24.5. The molecular formula is C20H26O5. The minimum absolute atomic E-state index is 0.258. The lowest BCUT2D eigenvalue weighted by atomic mass is 10.0. The Morgan fingerprint density at radius 3 is 2.56 bits per heavy atom. The molecule has 0 spiro atoms. The highest BCUT2D eigenvalue weighted by Gasteiger charge is 2.21. The smallest absolute Gasteiger partial charge is 0.342 e. The second-order valence-corrected chi connectivity index (χ2v) is 6.24. The van der Waals surface area contributed by atoms with Crippen molar-refractivity contribution in [3.63, 3.8) is 0 Å². The summed E-state index contributed by atoms with van der Waals surface area (Å²) in [5, 5.41) is 0. The van der Waals surface area contributed by atoms with Crippen molar-refractivity contribution in [2.45, 2.75) is 51.6 Å². The van der Waals surface area contributed by atoms with E-state index in [1.165, 1.54) is 7.11 Å². The highest BCUT2D eigenvalue weighted by Crippen LogP contribution is 2.31. The summed E-state index contributed by atoms with van der Waals surface area (Å²) in [7, 11) is 3.09. The van der Waals surface area contributed by atoms with Gasteiger partial charge < -0.3 is 14.2 Å². The summed E-state index contributed by atoms with van der Waals surface area (Å²) in [5.41, 5.74) is 1.09. The summed E-state index contributed by atoms with van der Waals surface area (Å²) >= 11 is 0. The summed E-state index contributed by atoms with van der Waals surface area (Å²) in [5.74, 6) is 0.888. The van der Waals surface area contributed by atoms with E-state index in [1.54, 1.807) is 19.2 Å². The molecule has 1 aliphatic rings. The third kappa shape index (κ3) is 5.34. The van der Waals surface area contributed by atoms with Gasteiger partial charge in [-0.1, -0.05) is 12.2 Å². The average Bonchev–Trinajstić information content (AvgIpc) is 2.59. The highest BCUT2D eigenvalue weighted by molar-refractivity contribution is 5.97. The van der Waals surface area contributed by atoms with Crippen molar-refractivity contribution in [2.24, 2.45) is 0 Å². The number of hydrogen-bond acceptors (Lipinski definition) is 5. The van der Waals surface area contributed by atoms with Gasteiger partial charge in [0.15, 0.2) is 0 Å². The first-order valence-corrected chi connectivity index (χ1v) is 8.70. The van der Waals surface area contributed by atoms with Gasteiger partial charge in [-0.3, -0.25) is 4.79 Å². The van der Waals surface area contributed by atoms with Gasteiger partial charge in [-0.15, -0.1) is 0 Å². The molecule has 0 saturated carbocycles. The Hall–Kier alpha value is -2.30. The van der Waals surface area contributed by atoms with E-state index in [0.29, 0.717) is 41.9 Å². The fraction of sp³-hybridized carbons (Fsp3) is 0.500. The maximum Gasteiger partial charge on any atom is 0.342 e. The fourth-order valence-corrected chi connectivity index (χ4v) is 2.88. The Bertz CT molecular complexity index is 648. The van der Waals surface area contributed by atoms with Gasteiger partial charge in [0.05, 0.1) is 20.3 Å². The van der Waals surface area contributed by atoms with Crippen molar-refractivity contribution < 1.29 is 23.8 Å². The first kappa shape index (κ1) is 19.0. The second-order valence-electron chi connectivity index (χ2n) is 6.24. The van der Waals surface area contributed by atoms with Crippen LogP contribution in [0.3, 0.4) is 0 Å². The molecule has 0 saturated heterocycles. The zero-order valence-corrected chi connectivity index (χ0v) is 15.2. The number of methoxy groups -OCH3 is 2. The SMILES string of the molecule is COc1cc2c(c(OC)c1)C(=O)OC(C)CCCC(=O)CCC/C=C/2. The molecule has 0 aliphatic carbocycles. The Morgan fingerprint density at radius 1 is 1.08 bits per heavy atom. The first-order chi connectivity index (χ1) is 12.0. The summed E-state index contributed by atoms with van der Waals surface area (Å²) in [6, 6.07) is 3.47. The van der Waals surface area contributed by atoms with E-state index in [0.717, 1.165) is 19.3 Å². The van der Waals surface area contributed by atoms with E-state index in [2.05, 4.69) is 0 Å². The average molecular weight is 346 g/mol. The lowest BCUT2D eigenvalue weighted by Gasteiger charge is -2.17. The van der Waals surface area contributed by atoms with E-state index in [1.807, 2.05) is 19.1 Å². The maximum atomic E-state index is 12.7. The standard InChI is InChI=1S/C20H26O5/c1-14-8-7-11-16(21)10-6-4-5-9-15-12-17(23-2)13-18(24-3)19(15)20(22)25-14/h5,9,12-14H,4,6-8,10-11H2,1-3H3/b9-5+. The lowest BCUT2D eigenvalue weighted by molar-refractivity contribution is -0.119. The molecule has 1 unspecified atom stereocenters. The summed E-state index contributed by atoms with van der Waals surface area (Å²) in [6.07, 6.45) is 7.69. The van der Waals surface area contributed by atoms with Gasteiger partial charge in [0.25, 0.3) is 0 Å². The van der Waals surface area contributed by atoms with Gasteiger partial charge in [-0.2, -0.15) is 0 Å². The van der Waals surface area contributed by atoms with Crippen LogP contribution < -0.4 is 9.47 Å². The molecule has 0 radical (unpaired) electrons. The maximum absolute atomic E-state index is 12.7. The molecule has 0 bridgehead atoms. The van der Waals surface area contributed by atoms with Crippen molar-refractivity contribution in [1.82, 2.24) is 0 Å². The highest BCUT2D eigenvalue weighted by atomic mass is 16.5. The molecule has 0 fully saturated rings. The van der Waals surface area contributed by atoms with Crippen LogP contribution in [0.4, 0.5) is 0 Å². The van der Waals surface area contributed by atoms with Crippen LogP contribution in [0.15, 0.2) is 18.2 Å². The Morgan fingerprint density at radius 2 is 1.84 bits per heavy atom. The molecule has 0 amide bonds. The summed E-state index contributed by atoms with van der Waals surface area (Å²) in [6.45, 7) is 1.85. The predicted octanol–water partition coefficient (Wildman–Crippen LogP) is 4.19. The predicted molar refractivity (Wildman–Crippen MR) is 96.2 cm³/mol. The third-order valence-electron chi connectivity index (χ3n) is 4.26. The number of Topliss-reactive ketones (excluding diaryl/α,β-unsaturated/α-hetero) is 1. The molecular weight excluding hydrogens is 320 g/mol. The molecule has 25 heavy (non-hydrogen) atoms. The largest absolute Gasteiger partial charge is 0.497 e. The van der Waals surface area contributed by atoms with Crippen LogP contribution in [0.1, 0.15) is 61.4 Å². The molecule has 5 nitrogen and oxygen atoms in total. The molecule has 1 heterocycles. The van der Waals surface area contributed by atoms with E-state index in [-0.39, 0.29) is 11.9 Å². The van der Waals surface area contributed by atoms with Crippen LogP contribution in [-0.2, 0) is 9.53 Å². The zero-order valence-electron chi connectivity index (χ0n) is 15.2. The molecule has 2 rings (SSSR count). The third-order valence-corrected chi connectivity index (χ3v) is 4.26. The van der Waals surface area contributed by atoms with Crippen molar-refractivity contribution >= 4 is 17.8 Å². The van der Waals surface area contributed by atoms with Crippen molar-refractivity contribution in [3.8, 4) is 11.5 Å². The van der Waals surface area contributed by atoms with Gasteiger partial charge in [0, 0.05) is 18.9 Å². The monoisotopic (exact) mass is 346 g/mol. The first-order valence-electron chi connectivity index (χ1n) is 8.70. The number of allylic oxidation sites excluding steroid dienone is 1. The van der Waals surface area contributed by atoms with Crippen LogP contribution in [0.2, 0.25) is 0 Å². The Balaban J connectivity index is 2.39. The molecule has 136 valence electrons. The topological polar surface area (TPSA) is 61.8 Å². The van der Waals surface area contributed by atoms with Crippen LogP contribution in [-0.4, -0.2) is 32.1 Å². The molecule has 0 N–H and O–H groups in total. The number of carbonyl (C=O) groups excluding carboxylic acids is 2. The van der Waals surface area contributed by atoms with E-state index in [9.17, 15) is 9.59 Å². The van der Waals surface area contributed by atoms with Gasteiger partial charge in [-0.05, 0) is 44.2 Å². The van der Waals surface area contributed by atoms with Crippen LogP contribution in [0, 0.1) is 0 Å².